The molecule has 0 spiro atoms. The Balaban J connectivity index is 0.00000122. The van der Waals surface area contributed by atoms with E-state index in [-0.39, 0.29) is 23.4 Å². The third kappa shape index (κ3) is 12.0. The average molecular weight is 428 g/mol. The Hall–Kier alpha value is -2.65. The molecule has 0 amide bonds. The van der Waals surface area contributed by atoms with Crippen LogP contribution in [0.25, 0.3) is 0 Å². The van der Waals surface area contributed by atoms with E-state index in [4.69, 9.17) is 18.9 Å². The maximum atomic E-state index is 11.8. The summed E-state index contributed by atoms with van der Waals surface area (Å²) >= 11 is 0. The van der Waals surface area contributed by atoms with Crippen molar-refractivity contribution in [3.63, 3.8) is 0 Å². The molecule has 0 bridgehead atoms. The molecular weight excluding hydrogens is 396 g/mol. The number of carbonyl (C=O) groups excluding carboxylic acids is 3. The van der Waals surface area contributed by atoms with Gasteiger partial charge >= 0.3 is 12.3 Å². The van der Waals surface area contributed by atoms with Crippen LogP contribution < -0.4 is 9.47 Å². The first kappa shape index (κ1) is 27.4. The van der Waals surface area contributed by atoms with Gasteiger partial charge in [0.2, 0.25) is 0 Å². The van der Waals surface area contributed by atoms with Crippen LogP contribution in [0, 0.1) is 0 Å². The molecule has 30 heavy (non-hydrogen) atoms. The number of ether oxygens (including phenoxy) is 6. The maximum Gasteiger partial charge on any atom is 0.514 e. The number of aldehydes is 1. The SMILES string of the molecule is CC(C)(C)OC(=O)Oc1cccc(C=O)c1OC(=O)OC(C)(C)C.COC(C)OC. The van der Waals surface area contributed by atoms with Crippen LogP contribution in [0.4, 0.5) is 9.59 Å². The van der Waals surface area contributed by atoms with Gasteiger partial charge in [-0.1, -0.05) is 6.07 Å². The molecule has 0 aliphatic rings. The van der Waals surface area contributed by atoms with Gasteiger partial charge in [0.05, 0.1) is 5.56 Å². The Morgan fingerprint density at radius 1 is 0.867 bits per heavy atom. The highest BCUT2D eigenvalue weighted by molar-refractivity contribution is 5.84. The van der Waals surface area contributed by atoms with E-state index in [1.807, 2.05) is 6.92 Å². The Morgan fingerprint density at radius 3 is 1.70 bits per heavy atom. The molecule has 0 aliphatic carbocycles. The van der Waals surface area contributed by atoms with Gasteiger partial charge in [-0.05, 0) is 60.6 Å². The lowest BCUT2D eigenvalue weighted by Crippen LogP contribution is -2.27. The molecule has 170 valence electrons. The zero-order valence-electron chi connectivity index (χ0n) is 19.1. The van der Waals surface area contributed by atoms with Crippen molar-refractivity contribution in [2.45, 2.75) is 66.0 Å². The number of hydrogen-bond acceptors (Lipinski definition) is 9. The first-order valence-electron chi connectivity index (χ1n) is 9.17. The largest absolute Gasteiger partial charge is 0.514 e. The van der Waals surface area contributed by atoms with Crippen LogP contribution in [0.2, 0.25) is 0 Å². The van der Waals surface area contributed by atoms with E-state index in [0.717, 1.165) is 0 Å². The number of carbonyl (C=O) groups is 3. The van der Waals surface area contributed by atoms with Crippen molar-refractivity contribution in [3.8, 4) is 11.5 Å². The van der Waals surface area contributed by atoms with E-state index in [1.165, 1.54) is 18.2 Å². The van der Waals surface area contributed by atoms with Gasteiger partial charge in [-0.15, -0.1) is 0 Å². The van der Waals surface area contributed by atoms with Gasteiger partial charge < -0.3 is 28.4 Å². The topological polar surface area (TPSA) is 107 Å². The molecule has 0 N–H and O–H groups in total. The molecule has 0 saturated carbocycles. The molecule has 0 fully saturated rings. The molecule has 0 radical (unpaired) electrons. The Morgan fingerprint density at radius 2 is 1.33 bits per heavy atom. The number of benzene rings is 1. The molecular formula is C21H32O9. The highest BCUT2D eigenvalue weighted by atomic mass is 16.8. The highest BCUT2D eigenvalue weighted by Crippen LogP contribution is 2.32. The molecule has 9 heteroatoms. The summed E-state index contributed by atoms with van der Waals surface area (Å²) in [5, 5.41) is 0. The number of methoxy groups -OCH3 is 2. The lowest BCUT2D eigenvalue weighted by molar-refractivity contribution is -0.0877. The molecule has 9 nitrogen and oxygen atoms in total. The number of para-hydroxylation sites is 1. The second-order valence-corrected chi connectivity index (χ2v) is 7.96. The normalized spacial score (nSPS) is 11.1. The average Bonchev–Trinajstić information content (AvgIpc) is 2.59. The van der Waals surface area contributed by atoms with Crippen molar-refractivity contribution in [3.05, 3.63) is 23.8 Å². The molecule has 1 aromatic rings. The fraction of sp³-hybridized carbons (Fsp3) is 0.571. The summed E-state index contributed by atoms with van der Waals surface area (Å²) in [4.78, 5) is 34.8. The lowest BCUT2D eigenvalue weighted by atomic mass is 10.2. The maximum absolute atomic E-state index is 11.8. The molecule has 0 aromatic heterocycles. The summed E-state index contributed by atoms with van der Waals surface area (Å²) < 4.78 is 29.5. The molecule has 1 rings (SSSR count). The van der Waals surface area contributed by atoms with Crippen molar-refractivity contribution in [1.82, 2.24) is 0 Å². The van der Waals surface area contributed by atoms with E-state index in [0.29, 0.717) is 6.29 Å². The summed E-state index contributed by atoms with van der Waals surface area (Å²) in [6, 6.07) is 4.26. The van der Waals surface area contributed by atoms with E-state index < -0.39 is 23.5 Å². The molecule has 0 saturated heterocycles. The van der Waals surface area contributed by atoms with Gasteiger partial charge in [0.25, 0.3) is 0 Å². The fourth-order valence-electron chi connectivity index (χ4n) is 1.63. The van der Waals surface area contributed by atoms with Crippen molar-refractivity contribution < 1.29 is 42.8 Å². The predicted molar refractivity (Wildman–Crippen MR) is 109 cm³/mol. The van der Waals surface area contributed by atoms with Crippen molar-refractivity contribution >= 4 is 18.6 Å². The predicted octanol–water partition coefficient (Wildman–Crippen LogP) is 4.75. The van der Waals surface area contributed by atoms with Crippen molar-refractivity contribution in [2.24, 2.45) is 0 Å². The van der Waals surface area contributed by atoms with Crippen LogP contribution in [0.1, 0.15) is 58.8 Å². The summed E-state index contributed by atoms with van der Waals surface area (Å²) in [7, 11) is 3.21. The molecule has 0 atom stereocenters. The van der Waals surface area contributed by atoms with E-state index in [2.05, 4.69) is 9.47 Å². The van der Waals surface area contributed by atoms with E-state index in [1.54, 1.807) is 55.8 Å². The Kier molecular flexibility index (Phi) is 11.1. The van der Waals surface area contributed by atoms with E-state index in [9.17, 15) is 14.4 Å². The van der Waals surface area contributed by atoms with Gasteiger partial charge in [-0.3, -0.25) is 4.79 Å². The number of rotatable bonds is 5. The third-order valence-corrected chi connectivity index (χ3v) is 2.96. The Bertz CT molecular complexity index is 695. The molecule has 1 aromatic carbocycles. The lowest BCUT2D eigenvalue weighted by Gasteiger charge is -2.21. The quantitative estimate of drug-likeness (QED) is 0.284. The minimum absolute atomic E-state index is 0.0296. The first-order valence-corrected chi connectivity index (χ1v) is 9.17. The second kappa shape index (κ2) is 12.1. The van der Waals surface area contributed by atoms with Crippen LogP contribution >= 0.6 is 0 Å². The number of hydrogen-bond donors (Lipinski definition) is 0. The summed E-state index contributed by atoms with van der Waals surface area (Å²) in [5.41, 5.74) is -1.51. The van der Waals surface area contributed by atoms with Crippen LogP contribution in [0.5, 0.6) is 11.5 Å². The van der Waals surface area contributed by atoms with Gasteiger partial charge in [-0.25, -0.2) is 9.59 Å². The zero-order chi connectivity index (χ0) is 23.5. The zero-order valence-corrected chi connectivity index (χ0v) is 19.1. The van der Waals surface area contributed by atoms with Gasteiger partial charge in [0, 0.05) is 14.2 Å². The third-order valence-electron chi connectivity index (χ3n) is 2.96. The highest BCUT2D eigenvalue weighted by Gasteiger charge is 2.24. The van der Waals surface area contributed by atoms with Crippen molar-refractivity contribution in [1.29, 1.82) is 0 Å². The standard InChI is InChI=1S/C17H22O7.C4H10O2/c1-16(2,3)23-14(19)21-12-9-7-8-11(10-18)13(12)22-15(20)24-17(4,5)6;1-4(5-2)6-3/h7-10H,1-6H3;4H,1-3H3. The minimum Gasteiger partial charge on any atom is -0.428 e. The van der Waals surface area contributed by atoms with Crippen LogP contribution in [-0.2, 0) is 18.9 Å². The van der Waals surface area contributed by atoms with Crippen molar-refractivity contribution in [2.75, 3.05) is 14.2 Å². The van der Waals surface area contributed by atoms with E-state index >= 15 is 0 Å². The van der Waals surface area contributed by atoms with Crippen LogP contribution in [0.15, 0.2) is 18.2 Å². The fourth-order valence-corrected chi connectivity index (χ4v) is 1.63. The summed E-state index contributed by atoms with van der Waals surface area (Å²) in [6.45, 7) is 11.9. The van der Waals surface area contributed by atoms with Crippen LogP contribution in [0.3, 0.4) is 0 Å². The first-order chi connectivity index (χ1) is 13.7. The summed E-state index contributed by atoms with van der Waals surface area (Å²) in [6.07, 6.45) is -1.60. The smallest absolute Gasteiger partial charge is 0.428 e. The van der Waals surface area contributed by atoms with Crippen LogP contribution in [-0.4, -0.2) is 50.3 Å². The molecule has 0 aliphatic heterocycles. The molecule has 0 heterocycles. The minimum atomic E-state index is -1.02. The molecule has 0 unspecified atom stereocenters. The van der Waals surface area contributed by atoms with Gasteiger partial charge in [-0.2, -0.15) is 0 Å². The van der Waals surface area contributed by atoms with Gasteiger partial charge in [0.15, 0.2) is 24.1 Å². The second-order valence-electron chi connectivity index (χ2n) is 7.96. The van der Waals surface area contributed by atoms with Gasteiger partial charge in [0.1, 0.15) is 11.2 Å². The summed E-state index contributed by atoms with van der Waals surface area (Å²) in [5.74, 6) is -0.340. The monoisotopic (exact) mass is 428 g/mol. The Labute approximate surface area is 177 Å².